The number of rotatable bonds is 0. The summed E-state index contributed by atoms with van der Waals surface area (Å²) in [6.45, 7) is 0. The third kappa shape index (κ3) is 1.42. The van der Waals surface area contributed by atoms with Gasteiger partial charge in [-0.15, -0.1) is 0 Å². The van der Waals surface area contributed by atoms with Crippen LogP contribution >= 0.6 is 0 Å². The molecule has 2 heteroatoms. The van der Waals surface area contributed by atoms with E-state index in [1.54, 1.807) is 0 Å². The van der Waals surface area contributed by atoms with E-state index in [2.05, 4.69) is 66.3 Å². The van der Waals surface area contributed by atoms with E-state index in [1.807, 2.05) is 6.07 Å². The average Bonchev–Trinajstić information content (AvgIpc) is 2.49. The lowest BCUT2D eigenvalue weighted by atomic mass is 9.99. The fraction of sp³-hybridized carbons (Fsp3) is 0.0556. The summed E-state index contributed by atoms with van der Waals surface area (Å²) < 4.78 is 2.18. The van der Waals surface area contributed by atoms with E-state index in [4.69, 9.17) is 5.73 Å². The van der Waals surface area contributed by atoms with Gasteiger partial charge in [0, 0.05) is 22.5 Å². The molecule has 0 spiro atoms. The van der Waals surface area contributed by atoms with Gasteiger partial charge in [-0.3, -0.25) is 0 Å². The van der Waals surface area contributed by atoms with Crippen LogP contribution in [0.3, 0.4) is 0 Å². The Bertz CT molecular complexity index is 890. The number of fused-ring (bicyclic) bond motifs is 5. The van der Waals surface area contributed by atoms with Gasteiger partial charge >= 0.3 is 0 Å². The topological polar surface area (TPSA) is 29.9 Å². The molecule has 1 heterocycles. The molecule has 0 saturated carbocycles. The van der Waals surface area contributed by atoms with Gasteiger partial charge in [0.1, 0.15) is 7.05 Å². The van der Waals surface area contributed by atoms with Crippen molar-refractivity contribution in [1.82, 2.24) is 0 Å². The van der Waals surface area contributed by atoms with E-state index in [0.29, 0.717) is 0 Å². The normalized spacial score (nSPS) is 11.4. The number of para-hydroxylation sites is 1. The maximum atomic E-state index is 6.24. The number of anilines is 1. The van der Waals surface area contributed by atoms with Crippen LogP contribution in [0, 0.1) is 0 Å². The van der Waals surface area contributed by atoms with Crippen LogP contribution in [-0.2, 0) is 7.05 Å². The Labute approximate surface area is 117 Å². The zero-order valence-corrected chi connectivity index (χ0v) is 11.3. The summed E-state index contributed by atoms with van der Waals surface area (Å²) in [5.74, 6) is 0. The first kappa shape index (κ1) is 11.2. The molecule has 0 bridgehead atoms. The number of aromatic nitrogens is 1. The van der Waals surface area contributed by atoms with Gasteiger partial charge in [-0.25, -0.2) is 4.57 Å². The zero-order valence-electron chi connectivity index (χ0n) is 11.3. The van der Waals surface area contributed by atoms with E-state index in [0.717, 1.165) is 11.1 Å². The van der Waals surface area contributed by atoms with Gasteiger partial charge in [0.15, 0.2) is 6.20 Å². The lowest BCUT2D eigenvalue weighted by Crippen LogP contribution is -2.28. The van der Waals surface area contributed by atoms with Gasteiger partial charge in [0.25, 0.3) is 0 Å². The minimum atomic E-state index is 0.840. The molecule has 20 heavy (non-hydrogen) atoms. The van der Waals surface area contributed by atoms with Crippen molar-refractivity contribution in [3.8, 4) is 0 Å². The predicted octanol–water partition coefficient (Wildman–Crippen LogP) is 3.55. The molecule has 0 aliphatic rings. The Morgan fingerprint density at radius 3 is 2.20 bits per heavy atom. The number of aryl methyl sites for hydroxylation is 1. The Balaban J connectivity index is 2.36. The summed E-state index contributed by atoms with van der Waals surface area (Å²) in [7, 11) is 2.09. The van der Waals surface area contributed by atoms with E-state index in [1.165, 1.54) is 27.1 Å². The van der Waals surface area contributed by atoms with Crippen molar-refractivity contribution >= 4 is 38.1 Å². The molecule has 0 fully saturated rings. The Morgan fingerprint density at radius 1 is 0.750 bits per heavy atom. The highest BCUT2D eigenvalue weighted by Crippen LogP contribution is 2.32. The largest absolute Gasteiger partial charge is 0.398 e. The van der Waals surface area contributed by atoms with Crippen LogP contribution in [0.5, 0.6) is 0 Å². The lowest BCUT2D eigenvalue weighted by molar-refractivity contribution is -0.643. The van der Waals surface area contributed by atoms with E-state index in [9.17, 15) is 0 Å². The number of pyridine rings is 1. The summed E-state index contributed by atoms with van der Waals surface area (Å²) in [5.41, 5.74) is 8.30. The van der Waals surface area contributed by atoms with Crippen molar-refractivity contribution in [2.24, 2.45) is 7.05 Å². The van der Waals surface area contributed by atoms with Crippen molar-refractivity contribution in [2.75, 3.05) is 5.73 Å². The van der Waals surface area contributed by atoms with Crippen LogP contribution in [-0.4, -0.2) is 0 Å². The number of nitrogen functional groups attached to an aromatic ring is 1. The summed E-state index contributed by atoms with van der Waals surface area (Å²) in [4.78, 5) is 0. The van der Waals surface area contributed by atoms with Gasteiger partial charge in [-0.2, -0.15) is 0 Å². The minimum absolute atomic E-state index is 0.840. The van der Waals surface area contributed by atoms with Crippen LogP contribution in [0.4, 0.5) is 5.69 Å². The van der Waals surface area contributed by atoms with Gasteiger partial charge in [-0.05, 0) is 17.5 Å². The first-order valence-corrected chi connectivity index (χ1v) is 6.74. The van der Waals surface area contributed by atoms with Crippen molar-refractivity contribution in [3.63, 3.8) is 0 Å². The van der Waals surface area contributed by atoms with Crippen LogP contribution in [0.25, 0.3) is 32.4 Å². The molecule has 3 aromatic carbocycles. The molecule has 0 saturated heterocycles. The van der Waals surface area contributed by atoms with Crippen LogP contribution in [0.1, 0.15) is 0 Å². The maximum Gasteiger partial charge on any atom is 0.212 e. The van der Waals surface area contributed by atoms with Gasteiger partial charge in [-0.1, -0.05) is 36.4 Å². The monoisotopic (exact) mass is 259 g/mol. The second kappa shape index (κ2) is 3.94. The molecule has 2 nitrogen and oxygen atoms in total. The lowest BCUT2D eigenvalue weighted by Gasteiger charge is -2.08. The number of hydrogen-bond acceptors (Lipinski definition) is 1. The smallest absolute Gasteiger partial charge is 0.212 e. The van der Waals surface area contributed by atoms with E-state index in [-0.39, 0.29) is 0 Å². The predicted molar refractivity (Wildman–Crippen MR) is 84.5 cm³/mol. The molecule has 0 amide bonds. The molecule has 1 aromatic heterocycles. The third-order valence-electron chi connectivity index (χ3n) is 4.02. The van der Waals surface area contributed by atoms with Crippen molar-refractivity contribution in [1.29, 1.82) is 0 Å². The standard InChI is InChI=1S/C18H14N2/c1-20-11-16-12-6-2-3-7-13(12)17(19)10-15(16)14-8-4-5-9-18(14)20/h2-11,19H,1H3/p+1. The summed E-state index contributed by atoms with van der Waals surface area (Å²) in [5, 5.41) is 6.04. The highest BCUT2D eigenvalue weighted by atomic mass is 14.9. The minimum Gasteiger partial charge on any atom is -0.398 e. The van der Waals surface area contributed by atoms with Crippen LogP contribution in [0.15, 0.2) is 60.8 Å². The van der Waals surface area contributed by atoms with E-state index >= 15 is 0 Å². The first-order chi connectivity index (χ1) is 9.75. The average molecular weight is 259 g/mol. The maximum absolute atomic E-state index is 6.24. The Hall–Kier alpha value is -2.61. The molecular formula is C18H15N2+. The molecule has 2 N–H and O–H groups in total. The summed E-state index contributed by atoms with van der Waals surface area (Å²) >= 11 is 0. The molecule has 96 valence electrons. The number of nitrogens with zero attached hydrogens (tertiary/aromatic N) is 1. The highest BCUT2D eigenvalue weighted by Gasteiger charge is 2.13. The molecule has 0 aliphatic carbocycles. The van der Waals surface area contributed by atoms with Crippen molar-refractivity contribution in [3.05, 3.63) is 60.8 Å². The second-order valence-corrected chi connectivity index (χ2v) is 5.23. The second-order valence-electron chi connectivity index (χ2n) is 5.23. The molecule has 0 unspecified atom stereocenters. The van der Waals surface area contributed by atoms with Crippen molar-refractivity contribution in [2.45, 2.75) is 0 Å². The molecule has 0 atom stereocenters. The molecular weight excluding hydrogens is 244 g/mol. The van der Waals surface area contributed by atoms with Crippen LogP contribution < -0.4 is 10.3 Å². The third-order valence-corrected chi connectivity index (χ3v) is 4.02. The summed E-state index contributed by atoms with van der Waals surface area (Å²) in [6.07, 6.45) is 2.19. The number of hydrogen-bond donors (Lipinski definition) is 1. The van der Waals surface area contributed by atoms with Crippen molar-refractivity contribution < 1.29 is 4.57 Å². The Morgan fingerprint density at radius 2 is 1.40 bits per heavy atom. The van der Waals surface area contributed by atoms with Gasteiger partial charge in [0.05, 0.1) is 10.8 Å². The van der Waals surface area contributed by atoms with Gasteiger partial charge < -0.3 is 5.73 Å². The highest BCUT2D eigenvalue weighted by molar-refractivity contribution is 6.18. The number of benzene rings is 3. The fourth-order valence-electron chi connectivity index (χ4n) is 3.06. The SMILES string of the molecule is C[n+]1cc2c3ccccc3c(N)cc2c2ccccc21. The van der Waals surface area contributed by atoms with Gasteiger partial charge in [0.2, 0.25) is 5.52 Å². The first-order valence-electron chi connectivity index (χ1n) is 6.74. The Kier molecular flexibility index (Phi) is 2.21. The molecule has 4 rings (SSSR count). The number of nitrogens with two attached hydrogens (primary N) is 1. The summed E-state index contributed by atoms with van der Waals surface area (Å²) in [6, 6.07) is 18.9. The van der Waals surface area contributed by atoms with Crippen LogP contribution in [0.2, 0.25) is 0 Å². The zero-order chi connectivity index (χ0) is 13.7. The van der Waals surface area contributed by atoms with E-state index < -0.39 is 0 Å². The quantitative estimate of drug-likeness (QED) is 0.292. The molecule has 4 aromatic rings. The fourth-order valence-corrected chi connectivity index (χ4v) is 3.06. The molecule has 0 aliphatic heterocycles. The molecule has 0 radical (unpaired) electrons.